The number of amides is 2. The summed E-state index contributed by atoms with van der Waals surface area (Å²) in [6.45, 7) is 8.17. The fourth-order valence-electron chi connectivity index (χ4n) is 3.26. The minimum Gasteiger partial charge on any atom is -0.371 e. The molecule has 0 saturated carbocycles. The molecule has 1 fully saturated rings. The molecule has 8 heteroatoms. The Kier molecular flexibility index (Phi) is 7.15. The maximum absolute atomic E-state index is 13.1. The summed E-state index contributed by atoms with van der Waals surface area (Å²) in [5.41, 5.74) is 0.860. The standard InChI is InChI=1S/C19H28N4O4/c1-4-20-18(24)13-21(5-2)19(25)16-12-15(23(26)27)6-7-17(16)22-10-8-14(3)9-11-22/h6-7,12,14H,4-5,8-11,13H2,1-3H3,(H,20,24). The smallest absolute Gasteiger partial charge is 0.270 e. The molecule has 1 aliphatic heterocycles. The molecular weight excluding hydrogens is 348 g/mol. The summed E-state index contributed by atoms with van der Waals surface area (Å²) in [7, 11) is 0. The van der Waals surface area contributed by atoms with Gasteiger partial charge < -0.3 is 15.1 Å². The number of nitrogens with one attached hydrogen (secondary N) is 1. The third-order valence-electron chi connectivity index (χ3n) is 4.92. The molecular formula is C19H28N4O4. The van der Waals surface area contributed by atoms with E-state index < -0.39 is 4.92 Å². The first kappa shape index (κ1) is 20.7. The molecule has 1 N–H and O–H groups in total. The molecule has 0 unspecified atom stereocenters. The highest BCUT2D eigenvalue weighted by molar-refractivity contribution is 6.02. The van der Waals surface area contributed by atoms with Crippen molar-refractivity contribution in [2.75, 3.05) is 37.6 Å². The number of nitro groups is 1. The first-order valence-corrected chi connectivity index (χ1v) is 9.46. The molecule has 27 heavy (non-hydrogen) atoms. The number of nitrogens with zero attached hydrogens (tertiary/aromatic N) is 3. The van der Waals surface area contributed by atoms with Gasteiger partial charge in [-0.25, -0.2) is 0 Å². The Bertz CT molecular complexity index is 699. The number of rotatable bonds is 7. The summed E-state index contributed by atoms with van der Waals surface area (Å²) in [6, 6.07) is 4.42. The average molecular weight is 376 g/mol. The lowest BCUT2D eigenvalue weighted by molar-refractivity contribution is -0.384. The number of carbonyl (C=O) groups is 2. The van der Waals surface area contributed by atoms with Crippen molar-refractivity contribution in [2.24, 2.45) is 5.92 Å². The van der Waals surface area contributed by atoms with Gasteiger partial charge in [-0.05, 0) is 38.7 Å². The highest BCUT2D eigenvalue weighted by Crippen LogP contribution is 2.30. The van der Waals surface area contributed by atoms with Crippen molar-refractivity contribution in [3.05, 3.63) is 33.9 Å². The normalized spacial score (nSPS) is 14.7. The van der Waals surface area contributed by atoms with Crippen molar-refractivity contribution in [3.63, 3.8) is 0 Å². The first-order chi connectivity index (χ1) is 12.9. The quantitative estimate of drug-likeness (QED) is 0.582. The predicted octanol–water partition coefficient (Wildman–Crippen LogP) is 2.43. The minimum absolute atomic E-state index is 0.0671. The zero-order chi connectivity index (χ0) is 20.0. The number of piperidine rings is 1. The Hall–Kier alpha value is -2.64. The number of hydrogen-bond acceptors (Lipinski definition) is 5. The van der Waals surface area contributed by atoms with Crippen LogP contribution in [0, 0.1) is 16.0 Å². The van der Waals surface area contributed by atoms with E-state index in [0.29, 0.717) is 24.7 Å². The van der Waals surface area contributed by atoms with Crippen LogP contribution in [0.3, 0.4) is 0 Å². The van der Waals surface area contributed by atoms with Crippen molar-refractivity contribution < 1.29 is 14.5 Å². The highest BCUT2D eigenvalue weighted by atomic mass is 16.6. The van der Waals surface area contributed by atoms with Gasteiger partial charge in [-0.1, -0.05) is 6.92 Å². The van der Waals surface area contributed by atoms with Crippen LogP contribution < -0.4 is 10.2 Å². The average Bonchev–Trinajstić information content (AvgIpc) is 2.66. The van der Waals surface area contributed by atoms with Gasteiger partial charge in [0.05, 0.1) is 22.7 Å². The van der Waals surface area contributed by atoms with Crippen LogP contribution in [0.25, 0.3) is 0 Å². The van der Waals surface area contributed by atoms with Crippen LogP contribution in [0.2, 0.25) is 0 Å². The summed E-state index contributed by atoms with van der Waals surface area (Å²) >= 11 is 0. The van der Waals surface area contributed by atoms with E-state index in [1.165, 1.54) is 17.0 Å². The van der Waals surface area contributed by atoms with Gasteiger partial charge in [-0.2, -0.15) is 0 Å². The lowest BCUT2D eigenvalue weighted by Crippen LogP contribution is -2.41. The summed E-state index contributed by atoms with van der Waals surface area (Å²) < 4.78 is 0. The van der Waals surface area contributed by atoms with E-state index >= 15 is 0 Å². The zero-order valence-electron chi connectivity index (χ0n) is 16.2. The number of nitro benzene ring substituents is 1. The summed E-state index contributed by atoms with van der Waals surface area (Å²) in [4.78, 5) is 39.3. The SMILES string of the molecule is CCNC(=O)CN(CC)C(=O)c1cc([N+](=O)[O-])ccc1N1CCC(C)CC1. The van der Waals surface area contributed by atoms with E-state index in [2.05, 4.69) is 17.1 Å². The van der Waals surface area contributed by atoms with E-state index in [1.807, 2.05) is 6.92 Å². The molecule has 0 bridgehead atoms. The largest absolute Gasteiger partial charge is 0.371 e. The van der Waals surface area contributed by atoms with E-state index in [9.17, 15) is 19.7 Å². The van der Waals surface area contributed by atoms with Crippen LogP contribution in [-0.2, 0) is 4.79 Å². The maximum Gasteiger partial charge on any atom is 0.270 e. The first-order valence-electron chi connectivity index (χ1n) is 9.46. The molecule has 0 atom stereocenters. The van der Waals surface area contributed by atoms with Crippen LogP contribution in [0.5, 0.6) is 0 Å². The van der Waals surface area contributed by atoms with Crippen LogP contribution in [-0.4, -0.2) is 54.4 Å². The number of non-ortho nitro benzene ring substituents is 1. The Morgan fingerprint density at radius 3 is 2.52 bits per heavy atom. The van der Waals surface area contributed by atoms with Gasteiger partial charge in [0.25, 0.3) is 11.6 Å². The van der Waals surface area contributed by atoms with Crippen LogP contribution >= 0.6 is 0 Å². The molecule has 0 radical (unpaired) electrons. The van der Waals surface area contributed by atoms with Gasteiger partial charge in [0.2, 0.25) is 5.91 Å². The molecule has 1 aromatic rings. The highest BCUT2D eigenvalue weighted by Gasteiger charge is 2.26. The van der Waals surface area contributed by atoms with Crippen LogP contribution in [0.1, 0.15) is 44.0 Å². The topological polar surface area (TPSA) is 95.8 Å². The van der Waals surface area contributed by atoms with Gasteiger partial charge in [-0.15, -0.1) is 0 Å². The summed E-state index contributed by atoms with van der Waals surface area (Å²) in [5.74, 6) is 0.0240. The Labute approximate surface area is 159 Å². The van der Waals surface area contributed by atoms with Gasteiger partial charge in [0.15, 0.2) is 0 Å². The van der Waals surface area contributed by atoms with E-state index in [-0.39, 0.29) is 29.6 Å². The van der Waals surface area contributed by atoms with Crippen molar-refractivity contribution in [1.29, 1.82) is 0 Å². The minimum atomic E-state index is -0.501. The van der Waals surface area contributed by atoms with Crippen LogP contribution in [0.15, 0.2) is 18.2 Å². The molecule has 0 aliphatic carbocycles. The molecule has 2 rings (SSSR count). The van der Waals surface area contributed by atoms with Crippen molar-refractivity contribution in [1.82, 2.24) is 10.2 Å². The number of benzene rings is 1. The van der Waals surface area contributed by atoms with Gasteiger partial charge >= 0.3 is 0 Å². The van der Waals surface area contributed by atoms with E-state index in [0.717, 1.165) is 25.9 Å². The van der Waals surface area contributed by atoms with Gasteiger partial charge in [0.1, 0.15) is 0 Å². The maximum atomic E-state index is 13.1. The van der Waals surface area contributed by atoms with Gasteiger partial charge in [0, 0.05) is 38.3 Å². The lowest BCUT2D eigenvalue weighted by Gasteiger charge is -2.34. The Morgan fingerprint density at radius 2 is 1.96 bits per heavy atom. The Balaban J connectivity index is 2.35. The molecule has 1 aromatic carbocycles. The second kappa shape index (κ2) is 9.34. The van der Waals surface area contributed by atoms with E-state index in [1.54, 1.807) is 13.0 Å². The van der Waals surface area contributed by atoms with Crippen molar-refractivity contribution in [2.45, 2.75) is 33.6 Å². The van der Waals surface area contributed by atoms with Crippen molar-refractivity contribution >= 4 is 23.2 Å². The Morgan fingerprint density at radius 1 is 1.30 bits per heavy atom. The van der Waals surface area contributed by atoms with Crippen LogP contribution in [0.4, 0.5) is 11.4 Å². The number of likely N-dealkylation sites (N-methyl/N-ethyl adjacent to an activating group) is 2. The molecule has 8 nitrogen and oxygen atoms in total. The number of anilines is 1. The molecule has 0 spiro atoms. The predicted molar refractivity (Wildman–Crippen MR) is 104 cm³/mol. The molecule has 1 heterocycles. The molecule has 2 amide bonds. The third-order valence-corrected chi connectivity index (χ3v) is 4.92. The number of carbonyl (C=O) groups excluding carboxylic acids is 2. The second-order valence-electron chi connectivity index (χ2n) is 6.90. The van der Waals surface area contributed by atoms with Gasteiger partial charge in [-0.3, -0.25) is 19.7 Å². The summed E-state index contributed by atoms with van der Waals surface area (Å²) in [6.07, 6.45) is 2.03. The molecule has 1 saturated heterocycles. The second-order valence-corrected chi connectivity index (χ2v) is 6.90. The van der Waals surface area contributed by atoms with Crippen molar-refractivity contribution in [3.8, 4) is 0 Å². The molecule has 148 valence electrons. The monoisotopic (exact) mass is 376 g/mol. The lowest BCUT2D eigenvalue weighted by atomic mass is 9.97. The zero-order valence-corrected chi connectivity index (χ0v) is 16.2. The fourth-order valence-corrected chi connectivity index (χ4v) is 3.26. The third kappa shape index (κ3) is 5.18. The fraction of sp³-hybridized carbons (Fsp3) is 0.579. The molecule has 0 aromatic heterocycles. The summed E-state index contributed by atoms with van der Waals surface area (Å²) in [5, 5.41) is 13.9. The molecule has 1 aliphatic rings. The van der Waals surface area contributed by atoms with E-state index in [4.69, 9.17) is 0 Å². The number of hydrogen-bond donors (Lipinski definition) is 1.